The normalized spacial score (nSPS) is 14.6. The number of hydrogen-bond acceptors (Lipinski definition) is 4. The fraction of sp³-hybridized carbons (Fsp3) is 0.333. The Morgan fingerprint density at radius 3 is 2.52 bits per heavy atom. The van der Waals surface area contributed by atoms with Crippen LogP contribution in [0.4, 0.5) is 5.69 Å². The molecule has 0 aliphatic heterocycles. The van der Waals surface area contributed by atoms with Crippen molar-refractivity contribution in [1.29, 1.82) is 0 Å². The number of methoxy groups -OCH3 is 1. The van der Waals surface area contributed by atoms with Crippen LogP contribution in [0.1, 0.15) is 47.7 Å². The SMILES string of the molecule is COc1cccc(N(C(=O)Cc2cccs2)C(C(=O)NC2CCCC2)c2ccc(C)cc2)c1. The molecule has 3 aromatic rings. The first-order valence-corrected chi connectivity index (χ1v) is 12.3. The van der Waals surface area contributed by atoms with E-state index in [1.165, 1.54) is 0 Å². The van der Waals surface area contributed by atoms with Crippen LogP contribution >= 0.6 is 11.3 Å². The Hall–Kier alpha value is -3.12. The number of aryl methyl sites for hydroxylation is 1. The van der Waals surface area contributed by atoms with E-state index in [0.717, 1.165) is 41.7 Å². The maximum atomic E-state index is 13.7. The van der Waals surface area contributed by atoms with Gasteiger partial charge in [0.05, 0.1) is 13.5 Å². The molecule has 2 aromatic carbocycles. The molecule has 1 N–H and O–H groups in total. The molecule has 0 bridgehead atoms. The summed E-state index contributed by atoms with van der Waals surface area (Å²) in [6.07, 6.45) is 4.44. The van der Waals surface area contributed by atoms with E-state index in [1.54, 1.807) is 23.3 Å². The molecule has 33 heavy (non-hydrogen) atoms. The molecule has 0 saturated heterocycles. The quantitative estimate of drug-likeness (QED) is 0.485. The number of anilines is 1. The number of hydrogen-bond donors (Lipinski definition) is 1. The molecule has 0 spiro atoms. The maximum absolute atomic E-state index is 13.7. The molecule has 2 amide bonds. The van der Waals surface area contributed by atoms with Crippen molar-refractivity contribution in [3.8, 4) is 5.75 Å². The summed E-state index contributed by atoms with van der Waals surface area (Å²) in [5, 5.41) is 5.18. The van der Waals surface area contributed by atoms with Gasteiger partial charge in [0, 0.05) is 22.7 Å². The van der Waals surface area contributed by atoms with Crippen LogP contribution in [0.15, 0.2) is 66.0 Å². The van der Waals surface area contributed by atoms with Crippen molar-refractivity contribution in [2.75, 3.05) is 12.0 Å². The standard InChI is InChI=1S/C27H30N2O3S/c1-19-12-14-20(15-13-19)26(27(31)28-21-7-3-4-8-21)29(22-9-5-10-23(17-22)32-2)25(30)18-24-11-6-16-33-24/h5-6,9-17,21,26H,3-4,7-8,18H2,1-2H3,(H,28,31). The number of nitrogens with one attached hydrogen (secondary N) is 1. The Balaban J connectivity index is 1.77. The minimum absolute atomic E-state index is 0.127. The van der Waals surface area contributed by atoms with Gasteiger partial charge in [-0.3, -0.25) is 14.5 Å². The lowest BCUT2D eigenvalue weighted by atomic mass is 10.0. The van der Waals surface area contributed by atoms with E-state index in [1.807, 2.05) is 73.0 Å². The smallest absolute Gasteiger partial charge is 0.248 e. The molecular weight excluding hydrogens is 432 g/mol. The molecule has 1 aromatic heterocycles. The summed E-state index contributed by atoms with van der Waals surface area (Å²) >= 11 is 1.54. The van der Waals surface area contributed by atoms with Crippen molar-refractivity contribution in [1.82, 2.24) is 5.32 Å². The number of thiophene rings is 1. The third kappa shape index (κ3) is 5.63. The minimum Gasteiger partial charge on any atom is -0.497 e. The molecule has 172 valence electrons. The van der Waals surface area contributed by atoms with Crippen LogP contribution in [0.2, 0.25) is 0 Å². The second kappa shape index (κ2) is 10.7. The number of carbonyl (C=O) groups is 2. The first-order valence-electron chi connectivity index (χ1n) is 11.4. The lowest BCUT2D eigenvalue weighted by Crippen LogP contribution is -2.46. The van der Waals surface area contributed by atoms with Crippen molar-refractivity contribution in [3.05, 3.63) is 82.0 Å². The van der Waals surface area contributed by atoms with Crippen molar-refractivity contribution in [2.24, 2.45) is 0 Å². The molecule has 1 saturated carbocycles. The van der Waals surface area contributed by atoms with Gasteiger partial charge >= 0.3 is 0 Å². The third-order valence-electron chi connectivity index (χ3n) is 6.11. The van der Waals surface area contributed by atoms with Gasteiger partial charge in [0.25, 0.3) is 0 Å². The summed E-state index contributed by atoms with van der Waals surface area (Å²) in [6, 6.07) is 18.5. The zero-order chi connectivity index (χ0) is 23.2. The highest BCUT2D eigenvalue weighted by Crippen LogP contribution is 2.32. The number of ether oxygens (including phenoxy) is 1. The van der Waals surface area contributed by atoms with E-state index in [0.29, 0.717) is 11.4 Å². The Kier molecular flexibility index (Phi) is 7.45. The predicted molar refractivity (Wildman–Crippen MR) is 133 cm³/mol. The van der Waals surface area contributed by atoms with E-state index in [4.69, 9.17) is 4.74 Å². The van der Waals surface area contributed by atoms with E-state index >= 15 is 0 Å². The Labute approximate surface area is 199 Å². The zero-order valence-corrected chi connectivity index (χ0v) is 19.9. The van der Waals surface area contributed by atoms with Crippen molar-refractivity contribution in [3.63, 3.8) is 0 Å². The van der Waals surface area contributed by atoms with Crippen LogP contribution in [-0.4, -0.2) is 25.0 Å². The highest BCUT2D eigenvalue weighted by Gasteiger charge is 2.34. The monoisotopic (exact) mass is 462 g/mol. The van der Waals surface area contributed by atoms with E-state index in [-0.39, 0.29) is 24.3 Å². The third-order valence-corrected chi connectivity index (χ3v) is 6.98. The van der Waals surface area contributed by atoms with Gasteiger partial charge in [0.15, 0.2) is 0 Å². The zero-order valence-electron chi connectivity index (χ0n) is 19.1. The summed E-state index contributed by atoms with van der Waals surface area (Å²) in [4.78, 5) is 30.1. The topological polar surface area (TPSA) is 58.6 Å². The number of rotatable bonds is 8. The van der Waals surface area contributed by atoms with Crippen molar-refractivity contribution >= 4 is 28.8 Å². The predicted octanol–water partition coefficient (Wildman–Crippen LogP) is 5.44. The van der Waals surface area contributed by atoms with Crippen molar-refractivity contribution in [2.45, 2.75) is 51.1 Å². The summed E-state index contributed by atoms with van der Waals surface area (Å²) in [7, 11) is 1.60. The average molecular weight is 463 g/mol. The molecule has 1 unspecified atom stereocenters. The molecule has 1 aliphatic carbocycles. The molecule has 0 radical (unpaired) electrons. The number of amides is 2. The lowest BCUT2D eigenvalue weighted by molar-refractivity contribution is -0.127. The second-order valence-electron chi connectivity index (χ2n) is 8.52. The summed E-state index contributed by atoms with van der Waals surface area (Å²) in [5.74, 6) is 0.367. The van der Waals surface area contributed by atoms with Gasteiger partial charge in [-0.25, -0.2) is 0 Å². The van der Waals surface area contributed by atoms with Crippen LogP contribution in [0.3, 0.4) is 0 Å². The number of nitrogens with zero attached hydrogens (tertiary/aromatic N) is 1. The van der Waals surface area contributed by atoms with Crippen molar-refractivity contribution < 1.29 is 14.3 Å². The van der Waals surface area contributed by atoms with E-state index in [2.05, 4.69) is 5.32 Å². The first-order chi connectivity index (χ1) is 16.0. The minimum atomic E-state index is -0.772. The molecular formula is C27H30N2O3S. The van der Waals surface area contributed by atoms with Gasteiger partial charge < -0.3 is 10.1 Å². The maximum Gasteiger partial charge on any atom is 0.248 e. The van der Waals surface area contributed by atoms with Gasteiger partial charge in [-0.15, -0.1) is 11.3 Å². The van der Waals surface area contributed by atoms with E-state index < -0.39 is 6.04 Å². The van der Waals surface area contributed by atoms with Gasteiger partial charge in [-0.1, -0.05) is 54.8 Å². The van der Waals surface area contributed by atoms with Gasteiger partial charge in [0.1, 0.15) is 11.8 Å². The molecule has 5 nitrogen and oxygen atoms in total. The largest absolute Gasteiger partial charge is 0.497 e. The van der Waals surface area contributed by atoms with Crippen LogP contribution in [0.25, 0.3) is 0 Å². The van der Waals surface area contributed by atoms with Crippen LogP contribution in [0, 0.1) is 6.92 Å². The molecule has 1 atom stereocenters. The fourth-order valence-electron chi connectivity index (χ4n) is 4.36. The van der Waals surface area contributed by atoms with Crippen LogP contribution in [-0.2, 0) is 16.0 Å². The Morgan fingerprint density at radius 1 is 1.09 bits per heavy atom. The average Bonchev–Trinajstić information content (AvgIpc) is 3.52. The first kappa shape index (κ1) is 23.1. The number of carbonyl (C=O) groups excluding carboxylic acids is 2. The van der Waals surface area contributed by atoms with Gasteiger partial charge in [-0.05, 0) is 48.9 Å². The van der Waals surface area contributed by atoms with E-state index in [9.17, 15) is 9.59 Å². The number of benzene rings is 2. The Bertz CT molecular complexity index is 1070. The summed E-state index contributed by atoms with van der Waals surface area (Å²) < 4.78 is 5.42. The molecule has 4 rings (SSSR count). The Morgan fingerprint density at radius 2 is 1.85 bits per heavy atom. The molecule has 1 heterocycles. The lowest BCUT2D eigenvalue weighted by Gasteiger charge is -2.32. The summed E-state index contributed by atoms with van der Waals surface area (Å²) in [6.45, 7) is 2.01. The second-order valence-corrected chi connectivity index (χ2v) is 9.56. The van der Waals surface area contributed by atoms with Gasteiger partial charge in [-0.2, -0.15) is 0 Å². The highest BCUT2D eigenvalue weighted by atomic mass is 32.1. The van der Waals surface area contributed by atoms with Crippen LogP contribution in [0.5, 0.6) is 5.75 Å². The van der Waals surface area contributed by atoms with Crippen LogP contribution < -0.4 is 15.0 Å². The molecule has 6 heteroatoms. The van der Waals surface area contributed by atoms with Gasteiger partial charge in [0.2, 0.25) is 11.8 Å². The highest BCUT2D eigenvalue weighted by molar-refractivity contribution is 7.10. The molecule has 1 aliphatic rings. The summed E-state index contributed by atoms with van der Waals surface area (Å²) in [5.41, 5.74) is 2.54. The fourth-order valence-corrected chi connectivity index (χ4v) is 5.06. The molecule has 1 fully saturated rings.